The molecule has 0 amide bonds. The van der Waals surface area contributed by atoms with Crippen molar-refractivity contribution >= 4 is 11.0 Å². The molecule has 1 heterocycles. The average molecular weight is 277 g/mol. The van der Waals surface area contributed by atoms with Crippen LogP contribution in [0.5, 0.6) is 5.75 Å². The fraction of sp³-hybridized carbons (Fsp3) is 0.533. The largest absolute Gasteiger partial charge is 0.497 e. The van der Waals surface area contributed by atoms with Crippen LogP contribution in [0.4, 0.5) is 0 Å². The van der Waals surface area contributed by atoms with E-state index >= 15 is 0 Å². The predicted octanol–water partition coefficient (Wildman–Crippen LogP) is 1.53. The number of benzene rings is 1. The number of fused-ring (bicyclic) bond motifs is 1. The van der Waals surface area contributed by atoms with E-state index in [1.807, 2.05) is 12.1 Å². The minimum Gasteiger partial charge on any atom is -0.497 e. The molecule has 0 unspecified atom stereocenters. The molecule has 0 saturated carbocycles. The minimum atomic E-state index is 0.195. The molecule has 0 aliphatic carbocycles. The van der Waals surface area contributed by atoms with Gasteiger partial charge in [-0.15, -0.1) is 0 Å². The molecule has 5 heteroatoms. The van der Waals surface area contributed by atoms with Crippen molar-refractivity contribution in [1.82, 2.24) is 14.5 Å². The number of ether oxygens (including phenoxy) is 1. The smallest absolute Gasteiger partial charge is 0.121 e. The Bertz CT molecular complexity index is 563. The second-order valence-corrected chi connectivity index (χ2v) is 5.16. The molecule has 1 aromatic heterocycles. The normalized spacial score (nSPS) is 11.4. The first kappa shape index (κ1) is 14.8. The number of nitrogens with zero attached hydrogens (tertiary/aromatic N) is 3. The number of methoxy groups -OCH3 is 1. The van der Waals surface area contributed by atoms with Gasteiger partial charge in [0, 0.05) is 32.2 Å². The monoisotopic (exact) mass is 277 g/mol. The van der Waals surface area contributed by atoms with Gasteiger partial charge in [0.25, 0.3) is 0 Å². The van der Waals surface area contributed by atoms with E-state index in [0.29, 0.717) is 0 Å². The second kappa shape index (κ2) is 6.72. The maximum atomic E-state index is 9.03. The third-order valence-electron chi connectivity index (χ3n) is 3.36. The SMILES string of the molecule is COc1ccc2c(c1)nc(CCCO)n2CCN(C)C. The molecule has 1 aromatic carbocycles. The summed E-state index contributed by atoms with van der Waals surface area (Å²) in [6.07, 6.45) is 1.53. The maximum Gasteiger partial charge on any atom is 0.121 e. The van der Waals surface area contributed by atoms with E-state index in [1.165, 1.54) is 0 Å². The average Bonchev–Trinajstić information content (AvgIpc) is 2.79. The van der Waals surface area contributed by atoms with Gasteiger partial charge in [-0.1, -0.05) is 0 Å². The highest BCUT2D eigenvalue weighted by atomic mass is 16.5. The maximum absolute atomic E-state index is 9.03. The first-order chi connectivity index (χ1) is 9.65. The molecule has 0 radical (unpaired) electrons. The number of aromatic nitrogens is 2. The molecule has 0 aliphatic heterocycles. The Hall–Kier alpha value is -1.59. The molecule has 5 nitrogen and oxygen atoms in total. The molecule has 110 valence electrons. The highest BCUT2D eigenvalue weighted by Crippen LogP contribution is 2.22. The van der Waals surface area contributed by atoms with Gasteiger partial charge in [0.2, 0.25) is 0 Å². The van der Waals surface area contributed by atoms with E-state index in [1.54, 1.807) is 7.11 Å². The minimum absolute atomic E-state index is 0.195. The summed E-state index contributed by atoms with van der Waals surface area (Å²) in [5.74, 6) is 1.85. The van der Waals surface area contributed by atoms with Crippen molar-refractivity contribution in [1.29, 1.82) is 0 Å². The van der Waals surface area contributed by atoms with Crippen LogP contribution >= 0.6 is 0 Å². The van der Waals surface area contributed by atoms with Crippen molar-refractivity contribution in [3.05, 3.63) is 24.0 Å². The Labute approximate surface area is 119 Å². The molecule has 0 bridgehead atoms. The van der Waals surface area contributed by atoms with Crippen molar-refractivity contribution < 1.29 is 9.84 Å². The topological polar surface area (TPSA) is 50.5 Å². The lowest BCUT2D eigenvalue weighted by Crippen LogP contribution is -2.19. The third-order valence-corrected chi connectivity index (χ3v) is 3.36. The van der Waals surface area contributed by atoms with Crippen LogP contribution in [0.3, 0.4) is 0 Å². The summed E-state index contributed by atoms with van der Waals surface area (Å²) in [5.41, 5.74) is 2.08. The van der Waals surface area contributed by atoms with Crippen LogP contribution in [0.25, 0.3) is 11.0 Å². The number of rotatable bonds is 7. The highest BCUT2D eigenvalue weighted by molar-refractivity contribution is 5.77. The van der Waals surface area contributed by atoms with Crippen LogP contribution in [-0.2, 0) is 13.0 Å². The molecule has 2 aromatic rings. The van der Waals surface area contributed by atoms with Crippen LogP contribution in [0.15, 0.2) is 18.2 Å². The Morgan fingerprint density at radius 3 is 2.80 bits per heavy atom. The number of aryl methyl sites for hydroxylation is 1. The molecule has 0 atom stereocenters. The zero-order valence-electron chi connectivity index (χ0n) is 12.5. The van der Waals surface area contributed by atoms with Crippen molar-refractivity contribution in [2.45, 2.75) is 19.4 Å². The summed E-state index contributed by atoms with van der Waals surface area (Å²) in [5, 5.41) is 9.03. The third kappa shape index (κ3) is 3.29. The fourth-order valence-electron chi connectivity index (χ4n) is 2.26. The number of imidazole rings is 1. The number of hydrogen-bond donors (Lipinski definition) is 1. The van der Waals surface area contributed by atoms with Gasteiger partial charge in [-0.3, -0.25) is 0 Å². The van der Waals surface area contributed by atoms with Gasteiger partial charge in [-0.2, -0.15) is 0 Å². The van der Waals surface area contributed by atoms with Crippen LogP contribution < -0.4 is 4.74 Å². The lowest BCUT2D eigenvalue weighted by atomic mass is 10.3. The standard InChI is InChI=1S/C15H23N3O2/c1-17(2)8-9-18-14-7-6-12(20-3)11-13(14)16-15(18)5-4-10-19/h6-7,11,19H,4-5,8-10H2,1-3H3. The zero-order valence-corrected chi connectivity index (χ0v) is 12.5. The molecule has 20 heavy (non-hydrogen) atoms. The summed E-state index contributed by atoms with van der Waals surface area (Å²) < 4.78 is 7.49. The van der Waals surface area contributed by atoms with Gasteiger partial charge in [-0.25, -0.2) is 4.98 Å². The van der Waals surface area contributed by atoms with Crippen LogP contribution in [-0.4, -0.2) is 53.9 Å². The van der Waals surface area contributed by atoms with Gasteiger partial charge in [0.15, 0.2) is 0 Å². The van der Waals surface area contributed by atoms with Gasteiger partial charge >= 0.3 is 0 Å². The van der Waals surface area contributed by atoms with Gasteiger partial charge in [0.05, 0.1) is 18.1 Å². The predicted molar refractivity (Wildman–Crippen MR) is 80.2 cm³/mol. The van der Waals surface area contributed by atoms with E-state index < -0.39 is 0 Å². The first-order valence-electron chi connectivity index (χ1n) is 6.94. The molecule has 0 saturated heterocycles. The Morgan fingerprint density at radius 2 is 2.15 bits per heavy atom. The zero-order chi connectivity index (χ0) is 14.5. The van der Waals surface area contributed by atoms with Gasteiger partial charge in [-0.05, 0) is 32.6 Å². The summed E-state index contributed by atoms with van der Waals surface area (Å²) >= 11 is 0. The molecular weight excluding hydrogens is 254 g/mol. The number of hydrogen-bond acceptors (Lipinski definition) is 4. The number of likely N-dealkylation sites (N-methyl/N-ethyl adjacent to an activating group) is 1. The number of aliphatic hydroxyl groups excluding tert-OH is 1. The Balaban J connectivity index is 2.37. The highest BCUT2D eigenvalue weighted by Gasteiger charge is 2.11. The molecule has 2 rings (SSSR count). The van der Waals surface area contributed by atoms with Crippen molar-refractivity contribution in [2.24, 2.45) is 0 Å². The van der Waals surface area contributed by atoms with Gasteiger partial charge < -0.3 is 19.3 Å². The summed E-state index contributed by atoms with van der Waals surface area (Å²) in [7, 11) is 5.79. The van der Waals surface area contributed by atoms with Crippen molar-refractivity contribution in [3.63, 3.8) is 0 Å². The van der Waals surface area contributed by atoms with Crippen LogP contribution in [0.1, 0.15) is 12.2 Å². The molecule has 0 fully saturated rings. The summed E-state index contributed by atoms with van der Waals surface area (Å²) in [6.45, 7) is 2.06. The molecule has 0 spiro atoms. The second-order valence-electron chi connectivity index (χ2n) is 5.16. The van der Waals surface area contributed by atoms with Crippen molar-refractivity contribution in [2.75, 3.05) is 34.4 Å². The summed E-state index contributed by atoms with van der Waals surface area (Å²) in [6, 6.07) is 5.98. The van der Waals surface area contributed by atoms with E-state index in [4.69, 9.17) is 14.8 Å². The van der Waals surface area contributed by atoms with Crippen LogP contribution in [0.2, 0.25) is 0 Å². The van der Waals surface area contributed by atoms with Crippen LogP contribution in [0, 0.1) is 0 Å². The molecule has 1 N–H and O–H groups in total. The molecular formula is C15H23N3O2. The van der Waals surface area contributed by atoms with E-state index in [0.717, 1.165) is 48.5 Å². The lowest BCUT2D eigenvalue weighted by Gasteiger charge is -2.13. The quantitative estimate of drug-likeness (QED) is 0.834. The summed E-state index contributed by atoms with van der Waals surface area (Å²) in [4.78, 5) is 6.85. The Kier molecular flexibility index (Phi) is 4.98. The molecule has 0 aliphatic rings. The Morgan fingerprint density at radius 1 is 1.35 bits per heavy atom. The van der Waals surface area contributed by atoms with Gasteiger partial charge in [0.1, 0.15) is 11.6 Å². The van der Waals surface area contributed by atoms with Crippen molar-refractivity contribution in [3.8, 4) is 5.75 Å². The van der Waals surface area contributed by atoms with E-state index in [-0.39, 0.29) is 6.61 Å². The number of aliphatic hydroxyl groups is 1. The van der Waals surface area contributed by atoms with E-state index in [9.17, 15) is 0 Å². The first-order valence-corrected chi connectivity index (χ1v) is 6.94. The lowest BCUT2D eigenvalue weighted by molar-refractivity contribution is 0.286. The fourth-order valence-corrected chi connectivity index (χ4v) is 2.26. The van der Waals surface area contributed by atoms with E-state index in [2.05, 4.69) is 29.6 Å².